The number of rotatable bonds is 21. The Morgan fingerprint density at radius 3 is 1.00 bits per heavy atom. The van der Waals surface area contributed by atoms with Gasteiger partial charge in [-0.3, -0.25) is 0 Å². The summed E-state index contributed by atoms with van der Waals surface area (Å²) in [5.41, 5.74) is 0. The molecule has 29 heavy (non-hydrogen) atoms. The fourth-order valence-corrected chi connectivity index (χ4v) is 21.0. The van der Waals surface area contributed by atoms with Crippen molar-refractivity contribution in [1.82, 2.24) is 0 Å². The van der Waals surface area contributed by atoms with Gasteiger partial charge in [0.25, 0.3) is 0 Å². The van der Waals surface area contributed by atoms with Gasteiger partial charge >= 0.3 is 192 Å². The zero-order chi connectivity index (χ0) is 22.0. The van der Waals surface area contributed by atoms with Gasteiger partial charge in [-0.1, -0.05) is 0 Å². The van der Waals surface area contributed by atoms with E-state index < -0.39 is 18.4 Å². The van der Waals surface area contributed by atoms with Gasteiger partial charge in [-0.15, -0.1) is 0 Å². The molecule has 0 nitrogen and oxygen atoms in total. The topological polar surface area (TPSA) is 0 Å². The fraction of sp³-hybridized carbons (Fsp3) is 1.00. The Morgan fingerprint density at radius 2 is 0.724 bits per heavy atom. The molecule has 0 heterocycles. The second-order valence-electron chi connectivity index (χ2n) is 11.6. The summed E-state index contributed by atoms with van der Waals surface area (Å²) < 4.78 is 6.88. The van der Waals surface area contributed by atoms with Crippen molar-refractivity contribution in [2.24, 2.45) is 17.8 Å². The minimum absolute atomic E-state index is 0.894. The molecule has 0 saturated carbocycles. The molecule has 0 saturated heterocycles. The van der Waals surface area contributed by atoms with E-state index in [0.29, 0.717) is 0 Å². The zero-order valence-corrected chi connectivity index (χ0v) is 24.8. The molecule has 0 aromatic rings. The summed E-state index contributed by atoms with van der Waals surface area (Å²) in [5.74, 6) is 2.68. The van der Waals surface area contributed by atoms with Crippen molar-refractivity contribution in [2.45, 2.75) is 156 Å². The Balaban J connectivity index is 4.64. The summed E-state index contributed by atoms with van der Waals surface area (Å²) in [5, 5.41) is 0. The van der Waals surface area contributed by atoms with E-state index >= 15 is 0 Å². The van der Waals surface area contributed by atoms with Crippen LogP contribution < -0.4 is 0 Å². The Morgan fingerprint density at radius 1 is 0.414 bits per heavy atom. The molecule has 0 unspecified atom stereocenters. The molecule has 0 radical (unpaired) electrons. The minimum atomic E-state index is -1.93. The van der Waals surface area contributed by atoms with Gasteiger partial charge in [-0.25, -0.2) is 0 Å². The van der Waals surface area contributed by atoms with E-state index in [1.807, 2.05) is 0 Å². The van der Waals surface area contributed by atoms with Crippen molar-refractivity contribution >= 4 is 18.4 Å². The number of hydrogen-bond donors (Lipinski definition) is 0. The van der Waals surface area contributed by atoms with E-state index in [-0.39, 0.29) is 0 Å². The molecule has 176 valence electrons. The van der Waals surface area contributed by atoms with Gasteiger partial charge in [0.2, 0.25) is 0 Å². The SMILES string of the molecule is CCC[CH2][Sn]([CH2]CCCCC(C)C)([CH2]CCCCC(C)C)[CH2]CCCCC(C)C. The van der Waals surface area contributed by atoms with Crippen LogP contribution in [0, 0.1) is 17.8 Å². The molecule has 0 aromatic carbocycles. The van der Waals surface area contributed by atoms with Gasteiger partial charge < -0.3 is 0 Å². The van der Waals surface area contributed by atoms with E-state index in [4.69, 9.17) is 0 Å². The predicted molar refractivity (Wildman–Crippen MR) is 140 cm³/mol. The molecular formula is C28H60Sn. The van der Waals surface area contributed by atoms with E-state index in [9.17, 15) is 0 Å². The second-order valence-corrected chi connectivity index (χ2v) is 25.9. The van der Waals surface area contributed by atoms with Gasteiger partial charge in [0.1, 0.15) is 0 Å². The molecule has 0 bridgehead atoms. The van der Waals surface area contributed by atoms with Crippen molar-refractivity contribution in [3.63, 3.8) is 0 Å². The van der Waals surface area contributed by atoms with Gasteiger partial charge in [0.15, 0.2) is 0 Å². The molecule has 0 aliphatic rings. The summed E-state index contributed by atoms with van der Waals surface area (Å²) in [7, 11) is 0. The Hall–Kier alpha value is 0.799. The Kier molecular flexibility index (Phi) is 20.0. The molecule has 1 heteroatoms. The van der Waals surface area contributed by atoms with Crippen LogP contribution in [0.15, 0.2) is 0 Å². The maximum atomic E-state index is 2.42. The van der Waals surface area contributed by atoms with Crippen molar-refractivity contribution in [3.8, 4) is 0 Å². The van der Waals surface area contributed by atoms with Crippen LogP contribution in [0.3, 0.4) is 0 Å². The van der Waals surface area contributed by atoms with Crippen molar-refractivity contribution in [2.75, 3.05) is 0 Å². The van der Waals surface area contributed by atoms with Crippen LogP contribution in [0.25, 0.3) is 0 Å². The monoisotopic (exact) mass is 516 g/mol. The van der Waals surface area contributed by atoms with Gasteiger partial charge in [-0.2, -0.15) is 0 Å². The molecule has 0 aliphatic carbocycles. The van der Waals surface area contributed by atoms with Gasteiger partial charge in [0, 0.05) is 0 Å². The first kappa shape index (κ1) is 29.8. The van der Waals surface area contributed by atoms with E-state index in [0.717, 1.165) is 17.8 Å². The third kappa shape index (κ3) is 19.2. The molecule has 0 aliphatic heterocycles. The summed E-state index contributed by atoms with van der Waals surface area (Å²) in [6.07, 6.45) is 21.0. The summed E-state index contributed by atoms with van der Waals surface area (Å²) in [6.45, 7) is 16.7. The molecule has 0 rings (SSSR count). The van der Waals surface area contributed by atoms with Crippen LogP contribution in [0.4, 0.5) is 0 Å². The Labute approximate surface area is 191 Å². The van der Waals surface area contributed by atoms with Crippen LogP contribution >= 0.6 is 0 Å². The summed E-state index contributed by atoms with van der Waals surface area (Å²) >= 11 is -1.93. The average molecular weight is 515 g/mol. The average Bonchev–Trinajstić information content (AvgIpc) is 2.64. The van der Waals surface area contributed by atoms with E-state index in [2.05, 4.69) is 48.5 Å². The molecule has 0 spiro atoms. The first-order valence-electron chi connectivity index (χ1n) is 13.8. The maximum absolute atomic E-state index is 2.42. The van der Waals surface area contributed by atoms with Crippen LogP contribution in [0.2, 0.25) is 17.7 Å². The predicted octanol–water partition coefficient (Wildman–Crippen LogP) is 10.9. The molecule has 0 amide bonds. The normalized spacial score (nSPS) is 12.6. The molecule has 0 atom stereocenters. The molecule has 0 N–H and O–H groups in total. The van der Waals surface area contributed by atoms with Crippen LogP contribution in [0.5, 0.6) is 0 Å². The molecule has 0 aromatic heterocycles. The standard InChI is InChI=1S/3C8H17.C4H9.Sn/c3*1-4-5-6-7-8(2)3;1-3-4-2;/h3*8H,1,4-7H2,2-3H3;1,3-4H2,2H3;. The van der Waals surface area contributed by atoms with Crippen molar-refractivity contribution < 1.29 is 0 Å². The fourth-order valence-electron chi connectivity index (χ4n) is 4.99. The number of unbranched alkanes of at least 4 members (excludes halogenated alkanes) is 7. The zero-order valence-electron chi connectivity index (χ0n) is 22.0. The molecule has 0 fully saturated rings. The second kappa shape index (κ2) is 19.5. The molecular weight excluding hydrogens is 455 g/mol. The first-order chi connectivity index (χ1) is 13.8. The Bertz CT molecular complexity index is 286. The number of hydrogen-bond acceptors (Lipinski definition) is 0. The van der Waals surface area contributed by atoms with Crippen molar-refractivity contribution in [3.05, 3.63) is 0 Å². The summed E-state index contributed by atoms with van der Waals surface area (Å²) in [4.78, 5) is 0. The summed E-state index contributed by atoms with van der Waals surface area (Å²) in [6, 6.07) is 0. The first-order valence-corrected chi connectivity index (χ1v) is 21.9. The van der Waals surface area contributed by atoms with Crippen LogP contribution in [-0.2, 0) is 0 Å². The van der Waals surface area contributed by atoms with Gasteiger partial charge in [-0.05, 0) is 0 Å². The quantitative estimate of drug-likeness (QED) is 0.105. The van der Waals surface area contributed by atoms with Crippen molar-refractivity contribution in [1.29, 1.82) is 0 Å². The third-order valence-corrected chi connectivity index (χ3v) is 23.2. The van der Waals surface area contributed by atoms with E-state index in [1.165, 1.54) is 64.2 Å². The van der Waals surface area contributed by atoms with E-state index in [1.54, 1.807) is 43.4 Å². The van der Waals surface area contributed by atoms with Crippen LogP contribution in [-0.4, -0.2) is 18.4 Å². The van der Waals surface area contributed by atoms with Crippen LogP contribution in [0.1, 0.15) is 138 Å². The van der Waals surface area contributed by atoms with Gasteiger partial charge in [0.05, 0.1) is 0 Å². The third-order valence-electron chi connectivity index (χ3n) is 7.03.